The third-order valence-electron chi connectivity index (χ3n) is 6.18. The van der Waals surface area contributed by atoms with Crippen molar-refractivity contribution in [3.05, 3.63) is 89.9 Å². The molecular formula is C26H29N5O. The van der Waals surface area contributed by atoms with Crippen LogP contribution in [0.1, 0.15) is 22.7 Å². The third-order valence-corrected chi connectivity index (χ3v) is 6.18. The molecule has 3 heterocycles. The number of benzene rings is 2. The molecule has 1 atom stereocenters. The van der Waals surface area contributed by atoms with E-state index in [1.54, 1.807) is 6.33 Å². The van der Waals surface area contributed by atoms with Gasteiger partial charge in [0.2, 0.25) is 0 Å². The number of aromatic nitrogens is 3. The van der Waals surface area contributed by atoms with Gasteiger partial charge in [0.05, 0.1) is 24.6 Å². The lowest BCUT2D eigenvalue weighted by atomic mass is 10.00. The Morgan fingerprint density at radius 1 is 1.03 bits per heavy atom. The minimum atomic E-state index is 0.285. The number of nitrogens with one attached hydrogen (secondary N) is 1. The number of anilines is 1. The van der Waals surface area contributed by atoms with Gasteiger partial charge in [-0.1, -0.05) is 60.2 Å². The van der Waals surface area contributed by atoms with Crippen LogP contribution in [0, 0.1) is 6.92 Å². The molecule has 0 aliphatic carbocycles. The molecule has 1 unspecified atom stereocenters. The normalized spacial score (nSPS) is 17.2. The minimum absolute atomic E-state index is 0.285. The number of piperazine rings is 1. The molecule has 1 saturated heterocycles. The van der Waals surface area contributed by atoms with Crippen LogP contribution in [0.15, 0.2) is 73.2 Å². The zero-order valence-corrected chi connectivity index (χ0v) is 18.4. The van der Waals surface area contributed by atoms with Gasteiger partial charge in [-0.05, 0) is 24.1 Å². The van der Waals surface area contributed by atoms with Crippen molar-refractivity contribution in [2.24, 2.45) is 0 Å². The maximum atomic E-state index is 6.01. The summed E-state index contributed by atoms with van der Waals surface area (Å²) < 4.78 is 6.01. The molecule has 0 bridgehead atoms. The highest BCUT2D eigenvalue weighted by Gasteiger charge is 2.29. The van der Waals surface area contributed by atoms with Gasteiger partial charge in [-0.3, -0.25) is 4.90 Å². The van der Waals surface area contributed by atoms with Crippen molar-refractivity contribution in [3.8, 4) is 0 Å². The summed E-state index contributed by atoms with van der Waals surface area (Å²) >= 11 is 0. The zero-order valence-electron chi connectivity index (χ0n) is 18.4. The second-order valence-electron chi connectivity index (χ2n) is 8.39. The van der Waals surface area contributed by atoms with Crippen molar-refractivity contribution in [1.82, 2.24) is 19.9 Å². The topological polar surface area (TPSA) is 57.3 Å². The number of nitrogens with zero attached hydrogens (tertiary/aromatic N) is 4. The summed E-state index contributed by atoms with van der Waals surface area (Å²) in [5.41, 5.74) is 4.73. The second-order valence-corrected chi connectivity index (χ2v) is 8.39. The number of ether oxygens (including phenoxy) is 1. The number of hydrogen-bond donors (Lipinski definition) is 1. The molecule has 1 N–H and O–H groups in total. The van der Waals surface area contributed by atoms with Gasteiger partial charge >= 0.3 is 0 Å². The molecule has 0 spiro atoms. The van der Waals surface area contributed by atoms with Crippen LogP contribution in [0.2, 0.25) is 0 Å². The molecule has 6 nitrogen and oxygen atoms in total. The van der Waals surface area contributed by atoms with Gasteiger partial charge in [0.25, 0.3) is 0 Å². The van der Waals surface area contributed by atoms with Crippen LogP contribution in [-0.4, -0.2) is 52.6 Å². The summed E-state index contributed by atoms with van der Waals surface area (Å²) in [6.45, 7) is 7.21. The standard InChI is InChI=1S/C26H29N5O/c1-20-6-5-9-22(16-20)24-17-31(26-23-10-11-27-25(23)28-19-29-26)13-12-30(24)14-15-32-18-21-7-3-2-4-8-21/h2-11,16,19,24H,12-15,17-18H2,1H3,(H,27,28,29). The van der Waals surface area contributed by atoms with Crippen LogP contribution in [0.3, 0.4) is 0 Å². The lowest BCUT2D eigenvalue weighted by Crippen LogP contribution is -2.49. The SMILES string of the molecule is Cc1cccc(C2CN(c3ncnc4[nH]ccc34)CCN2CCOCc2ccccc2)c1. The van der Waals surface area contributed by atoms with Crippen molar-refractivity contribution in [2.75, 3.05) is 37.7 Å². The van der Waals surface area contributed by atoms with Gasteiger partial charge in [0, 0.05) is 32.4 Å². The lowest BCUT2D eigenvalue weighted by molar-refractivity contribution is 0.0725. The van der Waals surface area contributed by atoms with Gasteiger partial charge in [0.1, 0.15) is 17.8 Å². The molecule has 5 rings (SSSR count). The zero-order chi connectivity index (χ0) is 21.8. The van der Waals surface area contributed by atoms with Crippen LogP contribution in [-0.2, 0) is 11.3 Å². The summed E-state index contributed by atoms with van der Waals surface area (Å²) in [6, 6.07) is 21.6. The van der Waals surface area contributed by atoms with Crippen LogP contribution in [0.25, 0.3) is 11.0 Å². The summed E-state index contributed by atoms with van der Waals surface area (Å²) in [5.74, 6) is 1.01. The smallest absolute Gasteiger partial charge is 0.142 e. The van der Waals surface area contributed by atoms with Crippen LogP contribution in [0.5, 0.6) is 0 Å². The first-order valence-electron chi connectivity index (χ1n) is 11.2. The molecule has 1 aliphatic heterocycles. The van der Waals surface area contributed by atoms with Crippen molar-refractivity contribution >= 4 is 16.9 Å². The Bertz CT molecular complexity index is 1160. The number of fused-ring (bicyclic) bond motifs is 1. The molecular weight excluding hydrogens is 398 g/mol. The highest BCUT2D eigenvalue weighted by molar-refractivity contribution is 5.87. The summed E-state index contributed by atoms with van der Waals surface area (Å²) in [4.78, 5) is 17.1. The van der Waals surface area contributed by atoms with E-state index >= 15 is 0 Å². The first kappa shape index (κ1) is 20.7. The molecule has 32 heavy (non-hydrogen) atoms. The summed E-state index contributed by atoms with van der Waals surface area (Å²) in [7, 11) is 0. The molecule has 0 radical (unpaired) electrons. The molecule has 6 heteroatoms. The molecule has 2 aromatic carbocycles. The lowest BCUT2D eigenvalue weighted by Gasteiger charge is -2.42. The van der Waals surface area contributed by atoms with Crippen LogP contribution in [0.4, 0.5) is 5.82 Å². The fraction of sp³-hybridized carbons (Fsp3) is 0.308. The molecule has 4 aromatic rings. The Labute approximate surface area is 188 Å². The van der Waals surface area contributed by atoms with E-state index in [0.717, 1.165) is 43.0 Å². The average molecular weight is 428 g/mol. The van der Waals surface area contributed by atoms with E-state index in [-0.39, 0.29) is 6.04 Å². The van der Waals surface area contributed by atoms with Crippen molar-refractivity contribution in [1.29, 1.82) is 0 Å². The largest absolute Gasteiger partial charge is 0.375 e. The first-order valence-corrected chi connectivity index (χ1v) is 11.2. The number of aromatic amines is 1. The van der Waals surface area contributed by atoms with Crippen LogP contribution < -0.4 is 4.90 Å². The number of H-pyrrole nitrogens is 1. The second kappa shape index (κ2) is 9.51. The number of aryl methyl sites for hydroxylation is 1. The Hall–Kier alpha value is -3.22. The molecule has 164 valence electrons. The molecule has 0 saturated carbocycles. The predicted molar refractivity (Wildman–Crippen MR) is 128 cm³/mol. The predicted octanol–water partition coefficient (Wildman–Crippen LogP) is 4.35. The quantitative estimate of drug-likeness (QED) is 0.445. The molecule has 1 aliphatic rings. The van der Waals surface area contributed by atoms with Gasteiger partial charge in [-0.25, -0.2) is 9.97 Å². The fourth-order valence-electron chi connectivity index (χ4n) is 4.53. The van der Waals surface area contributed by atoms with Crippen molar-refractivity contribution in [3.63, 3.8) is 0 Å². The van der Waals surface area contributed by atoms with E-state index in [1.165, 1.54) is 16.7 Å². The summed E-state index contributed by atoms with van der Waals surface area (Å²) in [6.07, 6.45) is 3.58. The van der Waals surface area contributed by atoms with E-state index in [0.29, 0.717) is 13.2 Å². The van der Waals surface area contributed by atoms with E-state index in [4.69, 9.17) is 4.74 Å². The minimum Gasteiger partial charge on any atom is -0.375 e. The Kier molecular flexibility index (Phi) is 6.14. The number of hydrogen-bond acceptors (Lipinski definition) is 5. The van der Waals surface area contributed by atoms with Gasteiger partial charge in [-0.15, -0.1) is 0 Å². The maximum Gasteiger partial charge on any atom is 0.142 e. The third kappa shape index (κ3) is 4.52. The molecule has 0 amide bonds. The van der Waals surface area contributed by atoms with E-state index in [1.807, 2.05) is 12.3 Å². The van der Waals surface area contributed by atoms with E-state index < -0.39 is 0 Å². The van der Waals surface area contributed by atoms with E-state index in [9.17, 15) is 0 Å². The fourth-order valence-corrected chi connectivity index (χ4v) is 4.53. The Balaban J connectivity index is 1.31. The highest BCUT2D eigenvalue weighted by Crippen LogP contribution is 2.30. The van der Waals surface area contributed by atoms with E-state index in [2.05, 4.69) is 86.3 Å². The van der Waals surface area contributed by atoms with Gasteiger partial charge in [-0.2, -0.15) is 0 Å². The van der Waals surface area contributed by atoms with Crippen LogP contribution >= 0.6 is 0 Å². The first-order chi connectivity index (χ1) is 15.8. The summed E-state index contributed by atoms with van der Waals surface area (Å²) in [5, 5.41) is 1.08. The monoisotopic (exact) mass is 427 g/mol. The maximum absolute atomic E-state index is 6.01. The average Bonchev–Trinajstić information content (AvgIpc) is 3.32. The Morgan fingerprint density at radius 2 is 1.94 bits per heavy atom. The Morgan fingerprint density at radius 3 is 2.81 bits per heavy atom. The highest BCUT2D eigenvalue weighted by atomic mass is 16.5. The number of rotatable bonds is 7. The van der Waals surface area contributed by atoms with Crippen molar-refractivity contribution in [2.45, 2.75) is 19.6 Å². The van der Waals surface area contributed by atoms with Crippen molar-refractivity contribution < 1.29 is 4.74 Å². The van der Waals surface area contributed by atoms with Gasteiger partial charge < -0.3 is 14.6 Å². The van der Waals surface area contributed by atoms with Gasteiger partial charge in [0.15, 0.2) is 0 Å². The molecule has 1 fully saturated rings. The molecule has 2 aromatic heterocycles.